The lowest BCUT2D eigenvalue weighted by molar-refractivity contribution is -0.152. The van der Waals surface area contributed by atoms with Gasteiger partial charge >= 0.3 is 0 Å². The summed E-state index contributed by atoms with van der Waals surface area (Å²) in [5.74, 6) is -1.79. The van der Waals surface area contributed by atoms with Gasteiger partial charge in [0.05, 0.1) is 0 Å². The molecule has 0 aliphatic heterocycles. The van der Waals surface area contributed by atoms with Crippen molar-refractivity contribution in [3.63, 3.8) is 0 Å². The van der Waals surface area contributed by atoms with Gasteiger partial charge < -0.3 is 0 Å². The third kappa shape index (κ3) is 1.29. The van der Waals surface area contributed by atoms with Crippen molar-refractivity contribution >= 4 is 12.6 Å². The Balaban J connectivity index is 2.46. The van der Waals surface area contributed by atoms with Crippen molar-refractivity contribution < 1.29 is 8.78 Å². The lowest BCUT2D eigenvalue weighted by Gasteiger charge is -2.46. The van der Waals surface area contributed by atoms with Gasteiger partial charge in [0.15, 0.2) is 0 Å². The van der Waals surface area contributed by atoms with Crippen LogP contribution in [-0.4, -0.2) is 11.7 Å². The van der Waals surface area contributed by atoms with E-state index in [-0.39, 0.29) is 18.3 Å². The van der Waals surface area contributed by atoms with Gasteiger partial charge in [0.25, 0.3) is 0 Å². The van der Waals surface area contributed by atoms with E-state index < -0.39 is 5.92 Å². The van der Waals surface area contributed by atoms with E-state index in [4.69, 9.17) is 0 Å². The van der Waals surface area contributed by atoms with Crippen molar-refractivity contribution in [2.45, 2.75) is 32.1 Å². The maximum Gasteiger partial charge on any atom is 0.249 e. The number of alkyl halides is 2. The molecule has 1 aliphatic carbocycles. The molecule has 1 rings (SSSR count). The number of rotatable bonds is 2. The van der Waals surface area contributed by atoms with Gasteiger partial charge in [-0.15, -0.1) is 0 Å². The van der Waals surface area contributed by atoms with Gasteiger partial charge in [-0.2, -0.15) is 12.6 Å². The van der Waals surface area contributed by atoms with Gasteiger partial charge in [0.1, 0.15) is 0 Å². The Labute approximate surface area is 65.4 Å². The predicted molar refractivity (Wildman–Crippen MR) is 40.8 cm³/mol. The highest BCUT2D eigenvalue weighted by atomic mass is 32.1. The standard InChI is InChI=1S/C7H12F2S/c1-2-6(5-10)3-7(8,9)4-6/h10H,2-5H2,1H3. The lowest BCUT2D eigenvalue weighted by atomic mass is 9.66. The third-order valence-corrected chi connectivity index (χ3v) is 3.02. The molecule has 0 saturated heterocycles. The SMILES string of the molecule is CCC1(CS)CC(F)(F)C1. The highest BCUT2D eigenvalue weighted by Gasteiger charge is 2.54. The van der Waals surface area contributed by atoms with E-state index in [1.54, 1.807) is 0 Å². The summed E-state index contributed by atoms with van der Waals surface area (Å²) in [6.45, 7) is 1.95. The van der Waals surface area contributed by atoms with E-state index in [1.165, 1.54) is 0 Å². The molecule has 0 heterocycles. The van der Waals surface area contributed by atoms with E-state index in [1.807, 2.05) is 6.92 Å². The molecule has 1 saturated carbocycles. The quantitative estimate of drug-likeness (QED) is 0.599. The minimum Gasteiger partial charge on any atom is -0.207 e. The van der Waals surface area contributed by atoms with Crippen molar-refractivity contribution in [3.8, 4) is 0 Å². The fraction of sp³-hybridized carbons (Fsp3) is 1.00. The molecule has 0 radical (unpaired) electrons. The molecule has 0 nitrogen and oxygen atoms in total. The van der Waals surface area contributed by atoms with E-state index in [9.17, 15) is 8.78 Å². The molecule has 0 atom stereocenters. The minimum atomic E-state index is -2.39. The molecule has 3 heteroatoms. The smallest absolute Gasteiger partial charge is 0.207 e. The second-order valence-electron chi connectivity index (χ2n) is 3.22. The van der Waals surface area contributed by atoms with Crippen molar-refractivity contribution in [1.82, 2.24) is 0 Å². The zero-order valence-electron chi connectivity index (χ0n) is 6.03. The Morgan fingerprint density at radius 3 is 2.00 bits per heavy atom. The first-order valence-corrected chi connectivity index (χ1v) is 4.16. The normalized spacial score (nSPS) is 27.6. The van der Waals surface area contributed by atoms with Crippen LogP contribution in [0.25, 0.3) is 0 Å². The van der Waals surface area contributed by atoms with Crippen LogP contribution >= 0.6 is 12.6 Å². The fourth-order valence-corrected chi connectivity index (χ4v) is 1.97. The predicted octanol–water partition coefficient (Wildman–Crippen LogP) is 2.74. The molecule has 0 N–H and O–H groups in total. The number of thiol groups is 1. The summed E-state index contributed by atoms with van der Waals surface area (Å²) in [4.78, 5) is 0. The summed E-state index contributed by atoms with van der Waals surface area (Å²) in [7, 11) is 0. The van der Waals surface area contributed by atoms with Crippen LogP contribution in [-0.2, 0) is 0 Å². The molecule has 0 aromatic heterocycles. The van der Waals surface area contributed by atoms with Gasteiger partial charge in [-0.1, -0.05) is 6.92 Å². The summed E-state index contributed by atoms with van der Waals surface area (Å²) in [5, 5.41) is 0. The summed E-state index contributed by atoms with van der Waals surface area (Å²) in [5.41, 5.74) is -0.146. The third-order valence-electron chi connectivity index (χ3n) is 2.35. The molecular weight excluding hydrogens is 154 g/mol. The molecule has 60 valence electrons. The first kappa shape index (κ1) is 8.31. The molecule has 0 aromatic carbocycles. The topological polar surface area (TPSA) is 0 Å². The van der Waals surface area contributed by atoms with E-state index in [2.05, 4.69) is 12.6 Å². The van der Waals surface area contributed by atoms with Gasteiger partial charge in [0, 0.05) is 12.8 Å². The Morgan fingerprint density at radius 1 is 1.40 bits per heavy atom. The minimum absolute atomic E-state index is 0.0417. The average molecular weight is 166 g/mol. The van der Waals surface area contributed by atoms with Gasteiger partial charge in [-0.05, 0) is 17.6 Å². The van der Waals surface area contributed by atoms with Gasteiger partial charge in [-0.25, -0.2) is 8.78 Å². The Bertz CT molecular complexity index is 120. The molecular formula is C7H12F2S. The lowest BCUT2D eigenvalue weighted by Crippen LogP contribution is -2.46. The first-order valence-electron chi connectivity index (χ1n) is 3.52. The maximum absolute atomic E-state index is 12.4. The van der Waals surface area contributed by atoms with E-state index in [0.717, 1.165) is 6.42 Å². The van der Waals surface area contributed by atoms with Gasteiger partial charge in [-0.3, -0.25) is 0 Å². The summed E-state index contributed by atoms with van der Waals surface area (Å²) >= 11 is 4.06. The summed E-state index contributed by atoms with van der Waals surface area (Å²) in [6, 6.07) is 0. The maximum atomic E-state index is 12.4. The van der Waals surface area contributed by atoms with Crippen LogP contribution < -0.4 is 0 Å². The van der Waals surface area contributed by atoms with Crippen LogP contribution in [0.4, 0.5) is 8.78 Å². The molecule has 0 spiro atoms. The Morgan fingerprint density at radius 2 is 1.90 bits per heavy atom. The Hall–Kier alpha value is 0.210. The number of hydrogen-bond acceptors (Lipinski definition) is 1. The zero-order chi connectivity index (χ0) is 7.83. The number of halogens is 2. The molecule has 0 bridgehead atoms. The van der Waals surface area contributed by atoms with Crippen molar-refractivity contribution in [2.75, 3.05) is 5.75 Å². The van der Waals surface area contributed by atoms with E-state index >= 15 is 0 Å². The molecule has 1 fully saturated rings. The molecule has 0 aromatic rings. The largest absolute Gasteiger partial charge is 0.249 e. The fourth-order valence-electron chi connectivity index (χ4n) is 1.52. The van der Waals surface area contributed by atoms with Crippen molar-refractivity contribution in [2.24, 2.45) is 5.41 Å². The van der Waals surface area contributed by atoms with Gasteiger partial charge in [0.2, 0.25) is 5.92 Å². The highest BCUT2D eigenvalue weighted by Crippen LogP contribution is 2.54. The summed E-state index contributed by atoms with van der Waals surface area (Å²) < 4.78 is 24.7. The van der Waals surface area contributed by atoms with Crippen molar-refractivity contribution in [3.05, 3.63) is 0 Å². The first-order chi connectivity index (χ1) is 4.54. The van der Waals surface area contributed by atoms with Crippen LogP contribution in [0.3, 0.4) is 0 Å². The molecule has 1 aliphatic rings. The van der Waals surface area contributed by atoms with Crippen molar-refractivity contribution in [1.29, 1.82) is 0 Å². The second kappa shape index (κ2) is 2.36. The van der Waals surface area contributed by atoms with Crippen LogP contribution in [0.1, 0.15) is 26.2 Å². The van der Waals surface area contributed by atoms with E-state index in [0.29, 0.717) is 5.75 Å². The molecule has 0 amide bonds. The van der Waals surface area contributed by atoms with Crippen LogP contribution in [0.5, 0.6) is 0 Å². The number of hydrogen-bond donors (Lipinski definition) is 1. The van der Waals surface area contributed by atoms with Crippen LogP contribution in [0, 0.1) is 5.41 Å². The summed E-state index contributed by atoms with van der Waals surface area (Å²) in [6.07, 6.45) is 0.909. The zero-order valence-corrected chi connectivity index (χ0v) is 6.93. The Kier molecular flexibility index (Phi) is 1.96. The highest BCUT2D eigenvalue weighted by molar-refractivity contribution is 7.80. The van der Waals surface area contributed by atoms with Crippen LogP contribution in [0.15, 0.2) is 0 Å². The second-order valence-corrected chi connectivity index (χ2v) is 3.54. The van der Waals surface area contributed by atoms with Crippen LogP contribution in [0.2, 0.25) is 0 Å². The average Bonchev–Trinajstić information content (AvgIpc) is 1.82. The molecule has 10 heavy (non-hydrogen) atoms. The molecule has 0 unspecified atom stereocenters. The monoisotopic (exact) mass is 166 g/mol.